The first-order valence-corrected chi connectivity index (χ1v) is 9.69. The van der Waals surface area contributed by atoms with E-state index in [1.54, 1.807) is 29.4 Å². The van der Waals surface area contributed by atoms with E-state index in [2.05, 4.69) is 25.4 Å². The number of benzene rings is 1. The van der Waals surface area contributed by atoms with Crippen LogP contribution in [0, 0.1) is 0 Å². The van der Waals surface area contributed by atoms with E-state index in [1.807, 2.05) is 31.2 Å². The van der Waals surface area contributed by atoms with Gasteiger partial charge in [0.15, 0.2) is 17.3 Å². The van der Waals surface area contributed by atoms with E-state index in [4.69, 9.17) is 14.0 Å². The topological polar surface area (TPSA) is 117 Å². The fourth-order valence-electron chi connectivity index (χ4n) is 3.07. The molecule has 0 radical (unpaired) electrons. The largest absolute Gasteiger partial charge is 0.454 e. The highest BCUT2D eigenvalue weighted by Gasteiger charge is 2.15. The summed E-state index contributed by atoms with van der Waals surface area (Å²) in [7, 11) is 0. The molecule has 5 rings (SSSR count). The summed E-state index contributed by atoms with van der Waals surface area (Å²) in [4.78, 5) is 25.3. The molecule has 0 saturated carbocycles. The molecule has 0 saturated heterocycles. The number of amides is 1. The molecule has 1 aliphatic heterocycles. The van der Waals surface area contributed by atoms with Crippen molar-refractivity contribution in [1.82, 2.24) is 30.0 Å². The number of nitrogens with one attached hydrogen (secondary N) is 1. The number of hydrogen-bond acceptors (Lipinski definition) is 8. The molecule has 0 atom stereocenters. The van der Waals surface area contributed by atoms with Crippen LogP contribution in [0.25, 0.3) is 17.3 Å². The Morgan fingerprint density at radius 1 is 1.16 bits per heavy atom. The first-order chi connectivity index (χ1) is 15.2. The van der Waals surface area contributed by atoms with Gasteiger partial charge >= 0.3 is 0 Å². The number of rotatable bonds is 6. The Balaban J connectivity index is 1.24. The molecule has 0 aliphatic carbocycles. The summed E-state index contributed by atoms with van der Waals surface area (Å²) in [5, 5.41) is 6.73. The Kier molecular flexibility index (Phi) is 4.79. The third-order valence-corrected chi connectivity index (χ3v) is 4.75. The summed E-state index contributed by atoms with van der Waals surface area (Å²) in [6.07, 6.45) is 5.50. The molecule has 1 aromatic carbocycles. The number of carbonyl (C=O) groups excluding carboxylic acids is 1. The SMILES string of the molecule is CCc1noc(-c2ccc(-n3cnc(C(=O)NCc4ccc5c(c4)OCO5)c3)nc2)n1. The number of ether oxygens (including phenoxy) is 2. The van der Waals surface area contributed by atoms with Crippen LogP contribution in [0.2, 0.25) is 0 Å². The number of aryl methyl sites for hydroxylation is 1. The molecule has 0 spiro atoms. The number of carbonyl (C=O) groups is 1. The summed E-state index contributed by atoms with van der Waals surface area (Å²) < 4.78 is 17.5. The number of hydrogen-bond donors (Lipinski definition) is 1. The Morgan fingerprint density at radius 3 is 2.87 bits per heavy atom. The summed E-state index contributed by atoms with van der Waals surface area (Å²) >= 11 is 0. The highest BCUT2D eigenvalue weighted by atomic mass is 16.7. The zero-order valence-electron chi connectivity index (χ0n) is 16.6. The van der Waals surface area contributed by atoms with Crippen molar-refractivity contribution < 1.29 is 18.8 Å². The molecule has 10 nitrogen and oxygen atoms in total. The first-order valence-electron chi connectivity index (χ1n) is 9.69. The summed E-state index contributed by atoms with van der Waals surface area (Å²) in [6, 6.07) is 9.17. The molecule has 3 aromatic heterocycles. The molecule has 0 unspecified atom stereocenters. The van der Waals surface area contributed by atoms with Crippen LogP contribution in [0.1, 0.15) is 28.8 Å². The summed E-state index contributed by atoms with van der Waals surface area (Å²) in [5.41, 5.74) is 1.91. The van der Waals surface area contributed by atoms with Gasteiger partial charge in [-0.3, -0.25) is 9.36 Å². The second kappa shape index (κ2) is 7.90. The molecule has 10 heteroatoms. The molecule has 0 fully saturated rings. The molecule has 156 valence electrons. The zero-order chi connectivity index (χ0) is 21.2. The van der Waals surface area contributed by atoms with E-state index in [1.165, 1.54) is 0 Å². The van der Waals surface area contributed by atoms with Gasteiger partial charge in [-0.1, -0.05) is 18.1 Å². The van der Waals surface area contributed by atoms with Gasteiger partial charge in [0.1, 0.15) is 17.8 Å². The molecule has 4 heterocycles. The third-order valence-electron chi connectivity index (χ3n) is 4.75. The normalized spacial score (nSPS) is 12.2. The molecule has 1 aliphatic rings. The average Bonchev–Trinajstić information content (AvgIpc) is 3.57. The van der Waals surface area contributed by atoms with Gasteiger partial charge in [-0.15, -0.1) is 0 Å². The molecule has 0 bridgehead atoms. The lowest BCUT2D eigenvalue weighted by Gasteiger charge is -2.05. The lowest BCUT2D eigenvalue weighted by atomic mass is 10.2. The first kappa shape index (κ1) is 18.8. The van der Waals surface area contributed by atoms with Crippen LogP contribution in [0.4, 0.5) is 0 Å². The highest BCUT2D eigenvalue weighted by molar-refractivity contribution is 5.92. The van der Waals surface area contributed by atoms with Crippen LogP contribution in [0.3, 0.4) is 0 Å². The van der Waals surface area contributed by atoms with E-state index < -0.39 is 0 Å². The molecule has 31 heavy (non-hydrogen) atoms. The Hall–Kier alpha value is -4.21. The van der Waals surface area contributed by atoms with Crippen LogP contribution in [-0.4, -0.2) is 37.4 Å². The maximum atomic E-state index is 12.5. The maximum absolute atomic E-state index is 12.5. The van der Waals surface area contributed by atoms with Crippen LogP contribution in [0.15, 0.2) is 53.6 Å². The smallest absolute Gasteiger partial charge is 0.271 e. The van der Waals surface area contributed by atoms with Crippen molar-refractivity contribution in [3.63, 3.8) is 0 Å². The van der Waals surface area contributed by atoms with E-state index in [9.17, 15) is 4.79 Å². The van der Waals surface area contributed by atoms with E-state index in [-0.39, 0.29) is 18.4 Å². The predicted molar refractivity (Wildman–Crippen MR) is 108 cm³/mol. The summed E-state index contributed by atoms with van der Waals surface area (Å²) in [5.74, 6) is 2.77. The second-order valence-electron chi connectivity index (χ2n) is 6.81. The van der Waals surface area contributed by atoms with Crippen molar-refractivity contribution in [1.29, 1.82) is 0 Å². The molecule has 1 N–H and O–H groups in total. The lowest BCUT2D eigenvalue weighted by Crippen LogP contribution is -2.23. The molecular formula is C21H18N6O4. The van der Waals surface area contributed by atoms with Gasteiger partial charge in [0.2, 0.25) is 6.79 Å². The van der Waals surface area contributed by atoms with E-state index in [0.29, 0.717) is 42.0 Å². The number of fused-ring (bicyclic) bond motifs is 1. The second-order valence-corrected chi connectivity index (χ2v) is 6.81. The van der Waals surface area contributed by atoms with Crippen molar-refractivity contribution in [2.24, 2.45) is 0 Å². The monoisotopic (exact) mass is 418 g/mol. The highest BCUT2D eigenvalue weighted by Crippen LogP contribution is 2.32. The van der Waals surface area contributed by atoms with Crippen molar-refractivity contribution in [3.05, 3.63) is 66.1 Å². The van der Waals surface area contributed by atoms with E-state index in [0.717, 1.165) is 11.1 Å². The Labute approximate surface area is 176 Å². The predicted octanol–water partition coefficient (Wildman–Crippen LogP) is 2.54. The lowest BCUT2D eigenvalue weighted by molar-refractivity contribution is 0.0946. The third kappa shape index (κ3) is 3.82. The quantitative estimate of drug-likeness (QED) is 0.508. The fourth-order valence-corrected chi connectivity index (χ4v) is 3.07. The van der Waals surface area contributed by atoms with Gasteiger partial charge in [0, 0.05) is 25.4 Å². The van der Waals surface area contributed by atoms with Crippen LogP contribution >= 0.6 is 0 Å². The summed E-state index contributed by atoms with van der Waals surface area (Å²) in [6.45, 7) is 2.52. The van der Waals surface area contributed by atoms with Gasteiger partial charge in [0.25, 0.3) is 11.8 Å². The van der Waals surface area contributed by atoms with Crippen molar-refractivity contribution in [2.45, 2.75) is 19.9 Å². The van der Waals surface area contributed by atoms with E-state index >= 15 is 0 Å². The minimum atomic E-state index is -0.286. The minimum absolute atomic E-state index is 0.215. The maximum Gasteiger partial charge on any atom is 0.271 e. The van der Waals surface area contributed by atoms with Crippen LogP contribution < -0.4 is 14.8 Å². The Bertz CT molecular complexity index is 1230. The van der Waals surface area contributed by atoms with Crippen molar-refractivity contribution in [3.8, 4) is 28.8 Å². The number of nitrogens with zero attached hydrogens (tertiary/aromatic N) is 5. The molecule has 4 aromatic rings. The van der Waals surface area contributed by atoms with Gasteiger partial charge in [-0.05, 0) is 29.8 Å². The molecule has 1 amide bonds. The van der Waals surface area contributed by atoms with Gasteiger partial charge in [0.05, 0.1) is 5.56 Å². The zero-order valence-corrected chi connectivity index (χ0v) is 16.6. The van der Waals surface area contributed by atoms with Crippen molar-refractivity contribution in [2.75, 3.05) is 6.79 Å². The number of aromatic nitrogens is 5. The Morgan fingerprint density at radius 2 is 2.06 bits per heavy atom. The minimum Gasteiger partial charge on any atom is -0.454 e. The number of imidazole rings is 1. The molecular weight excluding hydrogens is 400 g/mol. The fraction of sp³-hybridized carbons (Fsp3) is 0.190. The average molecular weight is 418 g/mol. The van der Waals surface area contributed by atoms with Gasteiger partial charge < -0.3 is 19.3 Å². The van der Waals surface area contributed by atoms with Crippen LogP contribution in [-0.2, 0) is 13.0 Å². The van der Waals surface area contributed by atoms with Crippen molar-refractivity contribution >= 4 is 5.91 Å². The standard InChI is InChI=1S/C21H18N6O4/c1-2-18-25-21(31-26-18)14-4-6-19(22-9-14)27-10-15(24-11-27)20(28)23-8-13-3-5-16-17(7-13)30-12-29-16/h3-7,9-11H,2,8,12H2,1H3,(H,23,28). The number of pyridine rings is 1. The van der Waals surface area contributed by atoms with Gasteiger partial charge in [-0.25, -0.2) is 9.97 Å². The van der Waals surface area contributed by atoms with Crippen LogP contribution in [0.5, 0.6) is 11.5 Å². The van der Waals surface area contributed by atoms with Gasteiger partial charge in [-0.2, -0.15) is 4.98 Å².